The molecule has 168 valence electrons. The quantitative estimate of drug-likeness (QED) is 0.615. The number of benzene rings is 1. The Morgan fingerprint density at radius 3 is 2.78 bits per heavy atom. The number of aryl methyl sites for hydroxylation is 1. The average Bonchev–Trinajstić information content (AvgIpc) is 3.49. The molecule has 1 saturated heterocycles. The minimum Gasteiger partial charge on any atom is -0.344 e. The van der Waals surface area contributed by atoms with Gasteiger partial charge in [0.2, 0.25) is 0 Å². The van der Waals surface area contributed by atoms with E-state index >= 15 is 0 Å². The number of carbonyl (C=O) groups excluding carboxylic acids is 1. The molecule has 1 atom stereocenters. The van der Waals surface area contributed by atoms with E-state index in [0.29, 0.717) is 4.88 Å². The zero-order valence-electron chi connectivity index (χ0n) is 19.1. The largest absolute Gasteiger partial charge is 0.344 e. The van der Waals surface area contributed by atoms with Crippen LogP contribution in [0.15, 0.2) is 36.7 Å². The molecule has 0 spiro atoms. The lowest BCUT2D eigenvalue weighted by Crippen LogP contribution is -2.36. The van der Waals surface area contributed by atoms with Gasteiger partial charge in [0.25, 0.3) is 5.91 Å². The lowest BCUT2D eigenvalue weighted by atomic mass is 9.74. The smallest absolute Gasteiger partial charge is 0.263 e. The van der Waals surface area contributed by atoms with E-state index in [0.717, 1.165) is 48.7 Å². The van der Waals surface area contributed by atoms with E-state index in [1.165, 1.54) is 35.4 Å². The molecule has 0 saturated carbocycles. The van der Waals surface area contributed by atoms with E-state index in [1.54, 1.807) is 6.20 Å². The molecule has 1 amide bonds. The van der Waals surface area contributed by atoms with Gasteiger partial charge in [0, 0.05) is 5.56 Å². The standard InChI is InChI=1S/C25H31N5OS/c1-17-8-4-5-9-20(17)30-21-13-25(2,3)12-19(18(21)14-27-30)28-24(31)22-15-26-23(32-22)16-29-10-6-7-11-29/h4-5,8-9,14-15,19H,6-7,10-13,16H2,1-3H3,(H,28,31). The minimum atomic E-state index is -0.0526. The average molecular weight is 450 g/mol. The number of thiazole rings is 1. The molecule has 1 N–H and O–H groups in total. The van der Waals surface area contributed by atoms with Crippen LogP contribution < -0.4 is 5.32 Å². The fraction of sp³-hybridized carbons (Fsp3) is 0.480. The summed E-state index contributed by atoms with van der Waals surface area (Å²) in [6, 6.07) is 8.27. The monoisotopic (exact) mass is 449 g/mol. The van der Waals surface area contributed by atoms with Gasteiger partial charge in [-0.25, -0.2) is 9.67 Å². The molecule has 3 aromatic rings. The molecule has 32 heavy (non-hydrogen) atoms. The summed E-state index contributed by atoms with van der Waals surface area (Å²) in [5.41, 5.74) is 4.69. The second kappa shape index (κ2) is 8.45. The van der Waals surface area contributed by atoms with Crippen molar-refractivity contribution < 1.29 is 4.79 Å². The van der Waals surface area contributed by atoms with Crippen LogP contribution in [0, 0.1) is 12.3 Å². The Hall–Kier alpha value is -2.51. The van der Waals surface area contributed by atoms with Gasteiger partial charge < -0.3 is 5.32 Å². The Morgan fingerprint density at radius 2 is 2.00 bits per heavy atom. The van der Waals surface area contributed by atoms with Crippen molar-refractivity contribution in [3.63, 3.8) is 0 Å². The number of hydrogen-bond donors (Lipinski definition) is 1. The molecular formula is C25H31N5OS. The first-order valence-electron chi connectivity index (χ1n) is 11.5. The number of nitrogens with zero attached hydrogens (tertiary/aromatic N) is 4. The number of likely N-dealkylation sites (tertiary alicyclic amines) is 1. The molecule has 5 rings (SSSR count). The van der Waals surface area contributed by atoms with Crippen LogP contribution in [0.1, 0.15) is 70.7 Å². The topological polar surface area (TPSA) is 63.1 Å². The van der Waals surface area contributed by atoms with Gasteiger partial charge in [-0.2, -0.15) is 5.10 Å². The van der Waals surface area contributed by atoms with Crippen molar-refractivity contribution in [1.82, 2.24) is 25.0 Å². The van der Waals surface area contributed by atoms with Crippen LogP contribution in [0.5, 0.6) is 0 Å². The van der Waals surface area contributed by atoms with Crippen molar-refractivity contribution in [2.75, 3.05) is 13.1 Å². The van der Waals surface area contributed by atoms with Crippen molar-refractivity contribution in [1.29, 1.82) is 0 Å². The summed E-state index contributed by atoms with van der Waals surface area (Å²) >= 11 is 1.52. The maximum absolute atomic E-state index is 13.1. The summed E-state index contributed by atoms with van der Waals surface area (Å²) in [7, 11) is 0. The van der Waals surface area contributed by atoms with Gasteiger partial charge in [-0.05, 0) is 62.7 Å². The van der Waals surface area contributed by atoms with Gasteiger partial charge in [0.05, 0.1) is 36.4 Å². The van der Waals surface area contributed by atoms with E-state index in [1.807, 2.05) is 12.3 Å². The molecule has 1 aliphatic heterocycles. The fourth-order valence-electron chi connectivity index (χ4n) is 5.03. The predicted molar refractivity (Wildman–Crippen MR) is 127 cm³/mol. The molecule has 1 aliphatic carbocycles. The first-order chi connectivity index (χ1) is 15.4. The van der Waals surface area contributed by atoms with Gasteiger partial charge in [-0.15, -0.1) is 11.3 Å². The Bertz CT molecular complexity index is 1130. The van der Waals surface area contributed by atoms with Crippen LogP contribution in [0.3, 0.4) is 0 Å². The summed E-state index contributed by atoms with van der Waals surface area (Å²) in [6.45, 7) is 9.76. The van der Waals surface area contributed by atoms with E-state index in [4.69, 9.17) is 5.10 Å². The Kier molecular flexibility index (Phi) is 5.63. The van der Waals surface area contributed by atoms with E-state index < -0.39 is 0 Å². The molecule has 1 fully saturated rings. The van der Waals surface area contributed by atoms with Crippen LogP contribution in [0.25, 0.3) is 5.69 Å². The second-order valence-corrected chi connectivity index (χ2v) is 11.0. The number of carbonyl (C=O) groups is 1. The molecule has 3 heterocycles. The first kappa shape index (κ1) is 21.3. The Labute approximate surface area is 193 Å². The van der Waals surface area contributed by atoms with Gasteiger partial charge >= 0.3 is 0 Å². The number of para-hydroxylation sites is 1. The van der Waals surface area contributed by atoms with Gasteiger partial charge in [-0.3, -0.25) is 9.69 Å². The van der Waals surface area contributed by atoms with Gasteiger partial charge in [-0.1, -0.05) is 32.0 Å². The molecule has 6 nitrogen and oxygen atoms in total. The number of rotatable bonds is 5. The summed E-state index contributed by atoms with van der Waals surface area (Å²) < 4.78 is 2.06. The number of aromatic nitrogens is 3. The minimum absolute atomic E-state index is 0.0348. The van der Waals surface area contributed by atoms with Crippen molar-refractivity contribution in [2.45, 2.75) is 59.0 Å². The zero-order chi connectivity index (χ0) is 22.3. The molecule has 7 heteroatoms. The van der Waals surface area contributed by atoms with Gasteiger partial charge in [0.1, 0.15) is 9.88 Å². The first-order valence-corrected chi connectivity index (χ1v) is 12.3. The molecule has 0 bridgehead atoms. The highest BCUT2D eigenvalue weighted by Crippen LogP contribution is 2.41. The third kappa shape index (κ3) is 4.24. The molecular weight excluding hydrogens is 418 g/mol. The molecule has 2 aromatic heterocycles. The normalized spacial score (nSPS) is 20.3. The highest BCUT2D eigenvalue weighted by atomic mass is 32.1. The Morgan fingerprint density at radius 1 is 1.22 bits per heavy atom. The highest BCUT2D eigenvalue weighted by molar-refractivity contribution is 7.13. The number of amides is 1. The van der Waals surface area contributed by atoms with E-state index in [2.05, 4.69) is 58.9 Å². The highest BCUT2D eigenvalue weighted by Gasteiger charge is 2.36. The lowest BCUT2D eigenvalue weighted by Gasteiger charge is -2.36. The predicted octanol–water partition coefficient (Wildman–Crippen LogP) is 4.68. The molecule has 0 radical (unpaired) electrons. The van der Waals surface area contributed by atoms with Crippen molar-refractivity contribution in [3.8, 4) is 5.69 Å². The summed E-state index contributed by atoms with van der Waals surface area (Å²) in [6.07, 6.45) is 8.02. The van der Waals surface area contributed by atoms with Crippen LogP contribution in [0.4, 0.5) is 0 Å². The summed E-state index contributed by atoms with van der Waals surface area (Å²) in [5, 5.41) is 9.06. The second-order valence-electron chi connectivity index (χ2n) is 9.92. The van der Waals surface area contributed by atoms with E-state index in [9.17, 15) is 4.79 Å². The maximum atomic E-state index is 13.1. The fourth-order valence-corrected chi connectivity index (χ4v) is 5.89. The number of hydrogen-bond acceptors (Lipinski definition) is 5. The third-order valence-electron chi connectivity index (χ3n) is 6.66. The maximum Gasteiger partial charge on any atom is 0.263 e. The Balaban J connectivity index is 1.37. The van der Waals surface area contributed by atoms with Crippen molar-refractivity contribution in [2.24, 2.45) is 5.41 Å². The lowest BCUT2D eigenvalue weighted by molar-refractivity contribution is 0.0923. The third-order valence-corrected chi connectivity index (χ3v) is 7.64. The summed E-state index contributed by atoms with van der Waals surface area (Å²) in [4.78, 5) is 20.8. The van der Waals surface area contributed by atoms with E-state index in [-0.39, 0.29) is 17.4 Å². The van der Waals surface area contributed by atoms with Crippen LogP contribution in [-0.2, 0) is 13.0 Å². The van der Waals surface area contributed by atoms with Crippen LogP contribution >= 0.6 is 11.3 Å². The SMILES string of the molecule is Cc1ccccc1-n1ncc2c1CC(C)(C)CC2NC(=O)c1cnc(CN2CCCC2)s1. The molecule has 1 unspecified atom stereocenters. The molecule has 1 aromatic carbocycles. The zero-order valence-corrected chi connectivity index (χ0v) is 19.9. The van der Waals surface area contributed by atoms with Crippen molar-refractivity contribution >= 4 is 17.2 Å². The van der Waals surface area contributed by atoms with Crippen molar-refractivity contribution in [3.05, 3.63) is 63.4 Å². The van der Waals surface area contributed by atoms with Crippen LogP contribution in [0.2, 0.25) is 0 Å². The van der Waals surface area contributed by atoms with Crippen LogP contribution in [-0.4, -0.2) is 38.7 Å². The number of fused-ring (bicyclic) bond motifs is 1. The summed E-state index contributed by atoms with van der Waals surface area (Å²) in [5.74, 6) is -0.0348. The number of nitrogens with one attached hydrogen (secondary N) is 1. The van der Waals surface area contributed by atoms with Gasteiger partial charge in [0.15, 0.2) is 0 Å². The molecule has 2 aliphatic rings.